The molecular weight excluding hydrogens is 310 g/mol. The molecule has 0 heterocycles. The molecule has 6 heteroatoms. The minimum atomic E-state index is -0.923. The second-order valence-corrected chi connectivity index (χ2v) is 5.32. The molecular formula is C18H27NO5. The Morgan fingerprint density at radius 2 is 1.83 bits per heavy atom. The van der Waals surface area contributed by atoms with Crippen LogP contribution in [0.3, 0.4) is 0 Å². The van der Waals surface area contributed by atoms with Crippen molar-refractivity contribution in [3.63, 3.8) is 0 Å². The summed E-state index contributed by atoms with van der Waals surface area (Å²) in [5.41, 5.74) is 1.18. The second-order valence-electron chi connectivity index (χ2n) is 5.32. The van der Waals surface area contributed by atoms with Gasteiger partial charge in [-0.3, -0.25) is 0 Å². The third-order valence-corrected chi connectivity index (χ3v) is 3.54. The molecule has 1 rings (SSSR count). The minimum absolute atomic E-state index is 0.167. The number of carbonyl (C=O) groups excluding carboxylic acids is 2. The van der Waals surface area contributed by atoms with Crippen molar-refractivity contribution in [2.75, 3.05) is 20.3 Å². The van der Waals surface area contributed by atoms with Crippen LogP contribution in [0.4, 0.5) is 0 Å². The van der Waals surface area contributed by atoms with Crippen LogP contribution in [0.15, 0.2) is 24.3 Å². The van der Waals surface area contributed by atoms with Crippen LogP contribution < -0.4 is 10.1 Å². The average Bonchev–Trinajstić information content (AvgIpc) is 2.60. The number of hydrogen-bond acceptors (Lipinski definition) is 6. The van der Waals surface area contributed by atoms with Gasteiger partial charge in [0, 0.05) is 6.54 Å². The number of nitrogens with one attached hydrogen (secondary N) is 1. The van der Waals surface area contributed by atoms with Crippen molar-refractivity contribution < 1.29 is 23.8 Å². The first-order valence-electron chi connectivity index (χ1n) is 8.32. The first-order valence-corrected chi connectivity index (χ1v) is 8.32. The molecule has 0 bridgehead atoms. The van der Waals surface area contributed by atoms with E-state index in [0.717, 1.165) is 25.3 Å². The van der Waals surface area contributed by atoms with Crippen LogP contribution >= 0.6 is 0 Å². The summed E-state index contributed by atoms with van der Waals surface area (Å²) in [4.78, 5) is 22.8. The molecule has 0 saturated heterocycles. The largest absolute Gasteiger partial charge is 0.497 e. The molecule has 0 aliphatic carbocycles. The molecule has 0 amide bonds. The van der Waals surface area contributed by atoms with Crippen LogP contribution in [0.1, 0.15) is 38.7 Å². The number of benzene rings is 1. The van der Waals surface area contributed by atoms with Gasteiger partial charge in [0.15, 0.2) is 0 Å². The van der Waals surface area contributed by atoms with Crippen LogP contribution in [0, 0.1) is 0 Å². The van der Waals surface area contributed by atoms with Gasteiger partial charge in [0.2, 0.25) is 0 Å². The van der Waals surface area contributed by atoms with Gasteiger partial charge in [-0.2, -0.15) is 0 Å². The van der Waals surface area contributed by atoms with Gasteiger partial charge in [-0.05, 0) is 50.4 Å². The van der Waals surface area contributed by atoms with E-state index in [1.165, 1.54) is 5.56 Å². The topological polar surface area (TPSA) is 73.9 Å². The second kappa shape index (κ2) is 11.5. The highest BCUT2D eigenvalue weighted by Crippen LogP contribution is 2.11. The molecule has 1 aromatic carbocycles. The average molecular weight is 337 g/mol. The van der Waals surface area contributed by atoms with Crippen molar-refractivity contribution in [3.8, 4) is 5.75 Å². The zero-order valence-electron chi connectivity index (χ0n) is 14.7. The molecule has 1 N–H and O–H groups in total. The SMILES string of the molecule is CCOC(=O)C(=O)OC(CC)CCCNCc1ccc(OC)cc1. The monoisotopic (exact) mass is 337 g/mol. The van der Waals surface area contributed by atoms with Gasteiger partial charge in [0.05, 0.1) is 13.7 Å². The van der Waals surface area contributed by atoms with E-state index >= 15 is 0 Å². The molecule has 6 nitrogen and oxygen atoms in total. The number of hydrogen-bond donors (Lipinski definition) is 1. The first-order chi connectivity index (χ1) is 11.6. The van der Waals surface area contributed by atoms with Gasteiger partial charge in [0.25, 0.3) is 0 Å². The molecule has 0 aliphatic heterocycles. The van der Waals surface area contributed by atoms with E-state index in [4.69, 9.17) is 9.47 Å². The van der Waals surface area contributed by atoms with Crippen molar-refractivity contribution in [1.29, 1.82) is 0 Å². The Hall–Kier alpha value is -2.08. The van der Waals surface area contributed by atoms with E-state index in [2.05, 4.69) is 10.1 Å². The molecule has 1 aromatic rings. The van der Waals surface area contributed by atoms with Crippen LogP contribution in [-0.2, 0) is 25.6 Å². The molecule has 134 valence electrons. The van der Waals surface area contributed by atoms with E-state index in [1.807, 2.05) is 31.2 Å². The van der Waals surface area contributed by atoms with E-state index in [-0.39, 0.29) is 12.7 Å². The Balaban J connectivity index is 2.21. The zero-order valence-corrected chi connectivity index (χ0v) is 14.7. The van der Waals surface area contributed by atoms with E-state index < -0.39 is 11.9 Å². The van der Waals surface area contributed by atoms with E-state index in [0.29, 0.717) is 12.8 Å². The zero-order chi connectivity index (χ0) is 17.8. The fraction of sp³-hybridized carbons (Fsp3) is 0.556. The molecule has 0 radical (unpaired) electrons. The number of rotatable bonds is 10. The first kappa shape index (κ1) is 20.0. The third kappa shape index (κ3) is 7.46. The lowest BCUT2D eigenvalue weighted by atomic mass is 10.1. The number of ether oxygens (including phenoxy) is 3. The number of esters is 2. The maximum absolute atomic E-state index is 11.5. The summed E-state index contributed by atoms with van der Waals surface area (Å²) in [7, 11) is 1.65. The Morgan fingerprint density at radius 3 is 2.42 bits per heavy atom. The van der Waals surface area contributed by atoms with E-state index in [1.54, 1.807) is 14.0 Å². The molecule has 0 saturated carbocycles. The molecule has 0 aromatic heterocycles. The lowest BCUT2D eigenvalue weighted by molar-refractivity contribution is -0.171. The highest BCUT2D eigenvalue weighted by molar-refractivity contribution is 6.29. The Kier molecular flexibility index (Phi) is 9.53. The number of methoxy groups -OCH3 is 1. The minimum Gasteiger partial charge on any atom is -0.497 e. The van der Waals surface area contributed by atoms with Gasteiger partial charge < -0.3 is 19.5 Å². The molecule has 0 spiro atoms. The van der Waals surface area contributed by atoms with Crippen molar-refractivity contribution >= 4 is 11.9 Å². The maximum atomic E-state index is 11.5. The van der Waals surface area contributed by atoms with Gasteiger partial charge in [0.1, 0.15) is 11.9 Å². The smallest absolute Gasteiger partial charge is 0.417 e. The van der Waals surface area contributed by atoms with Gasteiger partial charge in [-0.15, -0.1) is 0 Å². The summed E-state index contributed by atoms with van der Waals surface area (Å²) < 4.78 is 14.9. The normalized spacial score (nSPS) is 11.6. The standard InChI is InChI=1S/C18H27NO5/c1-4-15(24-18(21)17(20)23-5-2)7-6-12-19-13-14-8-10-16(22-3)11-9-14/h8-11,15,19H,4-7,12-13H2,1-3H3. The van der Waals surface area contributed by atoms with Gasteiger partial charge in [-0.25, -0.2) is 9.59 Å². The van der Waals surface area contributed by atoms with Crippen molar-refractivity contribution in [2.24, 2.45) is 0 Å². The van der Waals surface area contributed by atoms with Crippen molar-refractivity contribution in [1.82, 2.24) is 5.32 Å². The van der Waals surface area contributed by atoms with Crippen LogP contribution in [0.5, 0.6) is 5.75 Å². The summed E-state index contributed by atoms with van der Waals surface area (Å²) in [5.74, 6) is -0.989. The Bertz CT molecular complexity index is 501. The summed E-state index contributed by atoms with van der Waals surface area (Å²) in [6, 6.07) is 7.89. The summed E-state index contributed by atoms with van der Waals surface area (Å²) in [6.07, 6.45) is 1.97. The Morgan fingerprint density at radius 1 is 1.12 bits per heavy atom. The van der Waals surface area contributed by atoms with Gasteiger partial charge >= 0.3 is 11.9 Å². The molecule has 0 aliphatic rings. The fourth-order valence-electron chi connectivity index (χ4n) is 2.17. The number of carbonyl (C=O) groups is 2. The molecule has 24 heavy (non-hydrogen) atoms. The molecule has 1 unspecified atom stereocenters. The lowest BCUT2D eigenvalue weighted by Gasteiger charge is -2.15. The van der Waals surface area contributed by atoms with E-state index in [9.17, 15) is 9.59 Å². The Labute approximate surface area is 143 Å². The van der Waals surface area contributed by atoms with Crippen LogP contribution in [0.25, 0.3) is 0 Å². The summed E-state index contributed by atoms with van der Waals surface area (Å²) in [6.45, 7) is 5.31. The summed E-state index contributed by atoms with van der Waals surface area (Å²) >= 11 is 0. The van der Waals surface area contributed by atoms with Crippen molar-refractivity contribution in [3.05, 3.63) is 29.8 Å². The highest BCUT2D eigenvalue weighted by Gasteiger charge is 2.20. The lowest BCUT2D eigenvalue weighted by Crippen LogP contribution is -2.26. The van der Waals surface area contributed by atoms with Gasteiger partial charge in [-0.1, -0.05) is 19.1 Å². The fourth-order valence-corrected chi connectivity index (χ4v) is 2.17. The summed E-state index contributed by atoms with van der Waals surface area (Å²) in [5, 5.41) is 3.34. The predicted molar refractivity (Wildman–Crippen MR) is 90.7 cm³/mol. The van der Waals surface area contributed by atoms with Crippen LogP contribution in [-0.4, -0.2) is 38.3 Å². The molecule has 1 atom stereocenters. The third-order valence-electron chi connectivity index (χ3n) is 3.54. The van der Waals surface area contributed by atoms with Crippen LogP contribution in [0.2, 0.25) is 0 Å². The quantitative estimate of drug-likeness (QED) is 0.402. The maximum Gasteiger partial charge on any atom is 0.417 e. The predicted octanol–water partition coefficient (Wildman–Crippen LogP) is 2.45. The van der Waals surface area contributed by atoms with Crippen molar-refractivity contribution in [2.45, 2.75) is 45.8 Å². The highest BCUT2D eigenvalue weighted by atomic mass is 16.6. The molecule has 0 fully saturated rings.